The van der Waals surface area contributed by atoms with Crippen molar-refractivity contribution >= 4 is 24.8 Å². The van der Waals surface area contributed by atoms with Crippen molar-refractivity contribution in [2.24, 2.45) is 5.41 Å². The molecular formula is C17H30Cl2N2O3. The Labute approximate surface area is 157 Å². The van der Waals surface area contributed by atoms with Crippen molar-refractivity contribution in [2.45, 2.75) is 26.8 Å². The number of piperazine rings is 1. The number of methoxy groups -OCH3 is 2. The number of phenolic OH excluding ortho intramolecular Hbond substituents is 1. The highest BCUT2D eigenvalue weighted by molar-refractivity contribution is 5.85. The Morgan fingerprint density at radius 3 is 1.88 bits per heavy atom. The van der Waals surface area contributed by atoms with Crippen LogP contribution < -0.4 is 14.8 Å². The van der Waals surface area contributed by atoms with Gasteiger partial charge in [-0.15, -0.1) is 24.8 Å². The molecule has 140 valence electrons. The standard InChI is InChI=1S/C17H28N2O3.2ClH/c1-17(2,3)16(19-8-6-18-7-9-19)15-13(21-4)10-12(20)11-14(15)22-5;;/h10-11,16,18,20H,6-9H2,1-5H3;2*1H/t16-;;/m0../s1. The summed E-state index contributed by atoms with van der Waals surface area (Å²) >= 11 is 0. The Morgan fingerprint density at radius 2 is 1.50 bits per heavy atom. The fraction of sp³-hybridized carbons (Fsp3) is 0.647. The summed E-state index contributed by atoms with van der Waals surface area (Å²) < 4.78 is 11.1. The summed E-state index contributed by atoms with van der Waals surface area (Å²) in [7, 11) is 3.27. The van der Waals surface area contributed by atoms with E-state index in [1.54, 1.807) is 26.4 Å². The number of rotatable bonds is 4. The van der Waals surface area contributed by atoms with E-state index in [9.17, 15) is 5.11 Å². The third-order valence-corrected chi connectivity index (χ3v) is 4.14. The van der Waals surface area contributed by atoms with Gasteiger partial charge in [0.15, 0.2) is 0 Å². The largest absolute Gasteiger partial charge is 0.508 e. The Hall–Kier alpha value is -0.880. The number of phenols is 1. The molecule has 0 aromatic heterocycles. The van der Waals surface area contributed by atoms with Crippen molar-refractivity contribution in [3.63, 3.8) is 0 Å². The molecule has 1 atom stereocenters. The Balaban J connectivity index is 0.00000264. The molecule has 5 nitrogen and oxygen atoms in total. The fourth-order valence-corrected chi connectivity index (χ4v) is 3.30. The molecule has 0 bridgehead atoms. The first-order valence-electron chi connectivity index (χ1n) is 7.78. The van der Waals surface area contributed by atoms with Crippen LogP contribution in [0.25, 0.3) is 0 Å². The highest BCUT2D eigenvalue weighted by atomic mass is 35.5. The average Bonchev–Trinajstić information content (AvgIpc) is 2.48. The van der Waals surface area contributed by atoms with Gasteiger partial charge in [0.05, 0.1) is 19.8 Å². The molecule has 1 aromatic rings. The molecule has 1 fully saturated rings. The predicted molar refractivity (Wildman–Crippen MR) is 102 cm³/mol. The van der Waals surface area contributed by atoms with Crippen LogP contribution >= 0.6 is 24.8 Å². The van der Waals surface area contributed by atoms with Gasteiger partial charge in [0, 0.05) is 44.4 Å². The van der Waals surface area contributed by atoms with Gasteiger partial charge < -0.3 is 19.9 Å². The summed E-state index contributed by atoms with van der Waals surface area (Å²) in [5, 5.41) is 13.3. The van der Waals surface area contributed by atoms with Crippen LogP contribution in [0, 0.1) is 5.41 Å². The zero-order valence-electron chi connectivity index (χ0n) is 15.1. The van der Waals surface area contributed by atoms with E-state index in [-0.39, 0.29) is 42.0 Å². The molecule has 2 rings (SSSR count). The number of halogens is 2. The number of ether oxygens (including phenoxy) is 2. The van der Waals surface area contributed by atoms with E-state index in [1.807, 2.05) is 0 Å². The SMILES string of the molecule is COc1cc(O)cc(OC)c1[C@H](N1CCNCC1)C(C)(C)C.Cl.Cl. The van der Waals surface area contributed by atoms with Gasteiger partial charge in [0.2, 0.25) is 0 Å². The van der Waals surface area contributed by atoms with Gasteiger partial charge in [0.1, 0.15) is 17.2 Å². The molecule has 0 spiro atoms. The maximum Gasteiger partial charge on any atom is 0.131 e. The van der Waals surface area contributed by atoms with Crippen molar-refractivity contribution in [2.75, 3.05) is 40.4 Å². The van der Waals surface area contributed by atoms with Crippen LogP contribution in [0.4, 0.5) is 0 Å². The highest BCUT2D eigenvalue weighted by Crippen LogP contribution is 2.47. The zero-order valence-corrected chi connectivity index (χ0v) is 16.7. The van der Waals surface area contributed by atoms with Crippen molar-refractivity contribution in [3.8, 4) is 17.2 Å². The molecule has 0 radical (unpaired) electrons. The van der Waals surface area contributed by atoms with Gasteiger partial charge >= 0.3 is 0 Å². The van der Waals surface area contributed by atoms with E-state index in [0.29, 0.717) is 11.5 Å². The van der Waals surface area contributed by atoms with Crippen LogP contribution in [0.5, 0.6) is 17.2 Å². The molecule has 0 unspecified atom stereocenters. The van der Waals surface area contributed by atoms with E-state index in [2.05, 4.69) is 31.0 Å². The number of nitrogens with one attached hydrogen (secondary N) is 1. The van der Waals surface area contributed by atoms with E-state index >= 15 is 0 Å². The van der Waals surface area contributed by atoms with Gasteiger partial charge in [-0.3, -0.25) is 4.90 Å². The first-order valence-corrected chi connectivity index (χ1v) is 7.78. The molecule has 7 heteroatoms. The van der Waals surface area contributed by atoms with Gasteiger partial charge in [-0.1, -0.05) is 20.8 Å². The maximum absolute atomic E-state index is 9.89. The molecule has 24 heavy (non-hydrogen) atoms. The minimum Gasteiger partial charge on any atom is -0.508 e. The van der Waals surface area contributed by atoms with Crippen LogP contribution in [-0.4, -0.2) is 50.4 Å². The number of aromatic hydroxyl groups is 1. The van der Waals surface area contributed by atoms with Gasteiger partial charge in [0.25, 0.3) is 0 Å². The lowest BCUT2D eigenvalue weighted by molar-refractivity contribution is 0.0819. The number of hydrogen-bond donors (Lipinski definition) is 2. The quantitative estimate of drug-likeness (QED) is 0.839. The first kappa shape index (κ1) is 23.1. The normalized spacial score (nSPS) is 16.5. The molecule has 1 saturated heterocycles. The third-order valence-electron chi connectivity index (χ3n) is 4.14. The summed E-state index contributed by atoms with van der Waals surface area (Å²) in [6.07, 6.45) is 0. The number of benzene rings is 1. The summed E-state index contributed by atoms with van der Waals surface area (Å²) in [6, 6.07) is 3.48. The third kappa shape index (κ3) is 5.06. The van der Waals surface area contributed by atoms with E-state index in [0.717, 1.165) is 31.7 Å². The molecule has 1 aliphatic heterocycles. The minimum atomic E-state index is 0. The highest BCUT2D eigenvalue weighted by Gasteiger charge is 2.36. The Bertz CT molecular complexity index is 490. The van der Waals surface area contributed by atoms with Crippen LogP contribution in [0.15, 0.2) is 12.1 Å². The number of hydrogen-bond acceptors (Lipinski definition) is 5. The molecule has 2 N–H and O–H groups in total. The topological polar surface area (TPSA) is 54.0 Å². The van der Waals surface area contributed by atoms with Crippen molar-refractivity contribution < 1.29 is 14.6 Å². The van der Waals surface area contributed by atoms with Crippen LogP contribution in [0.3, 0.4) is 0 Å². The second-order valence-corrected chi connectivity index (χ2v) is 6.82. The zero-order chi connectivity index (χ0) is 16.3. The monoisotopic (exact) mass is 380 g/mol. The van der Waals surface area contributed by atoms with Gasteiger partial charge in [-0.2, -0.15) is 0 Å². The van der Waals surface area contributed by atoms with Crippen LogP contribution in [-0.2, 0) is 0 Å². The Kier molecular flexibility index (Phi) is 9.21. The summed E-state index contributed by atoms with van der Waals surface area (Å²) in [5.74, 6) is 1.51. The van der Waals surface area contributed by atoms with Crippen LogP contribution in [0.2, 0.25) is 0 Å². The maximum atomic E-state index is 9.89. The smallest absolute Gasteiger partial charge is 0.131 e. The fourth-order valence-electron chi connectivity index (χ4n) is 3.30. The van der Waals surface area contributed by atoms with Crippen molar-refractivity contribution in [1.82, 2.24) is 10.2 Å². The van der Waals surface area contributed by atoms with Crippen molar-refractivity contribution in [1.29, 1.82) is 0 Å². The minimum absolute atomic E-state index is 0. The molecule has 1 aromatic carbocycles. The molecule has 1 aliphatic rings. The van der Waals surface area contributed by atoms with E-state index < -0.39 is 0 Å². The lowest BCUT2D eigenvalue weighted by atomic mass is 9.80. The van der Waals surface area contributed by atoms with Gasteiger partial charge in [-0.05, 0) is 5.41 Å². The lowest BCUT2D eigenvalue weighted by Crippen LogP contribution is -2.48. The number of nitrogens with zero attached hydrogens (tertiary/aromatic N) is 1. The van der Waals surface area contributed by atoms with Crippen molar-refractivity contribution in [3.05, 3.63) is 17.7 Å². The van der Waals surface area contributed by atoms with E-state index in [1.165, 1.54) is 0 Å². The second kappa shape index (κ2) is 9.56. The molecular weight excluding hydrogens is 351 g/mol. The summed E-state index contributed by atoms with van der Waals surface area (Å²) in [5.41, 5.74) is 1.02. The summed E-state index contributed by atoms with van der Waals surface area (Å²) in [6.45, 7) is 10.6. The van der Waals surface area contributed by atoms with Crippen LogP contribution in [0.1, 0.15) is 32.4 Å². The average molecular weight is 381 g/mol. The Morgan fingerprint density at radius 1 is 1.04 bits per heavy atom. The molecule has 0 aliphatic carbocycles. The molecule has 0 saturated carbocycles. The second-order valence-electron chi connectivity index (χ2n) is 6.82. The lowest BCUT2D eigenvalue weighted by Gasteiger charge is -2.43. The molecule has 1 heterocycles. The first-order chi connectivity index (χ1) is 10.4. The van der Waals surface area contributed by atoms with Gasteiger partial charge in [-0.25, -0.2) is 0 Å². The van der Waals surface area contributed by atoms with E-state index in [4.69, 9.17) is 9.47 Å². The summed E-state index contributed by atoms with van der Waals surface area (Å²) in [4.78, 5) is 2.47. The predicted octanol–water partition coefficient (Wildman–Crippen LogP) is 3.25. The molecule has 0 amide bonds.